The van der Waals surface area contributed by atoms with E-state index in [1.807, 2.05) is 44.2 Å². The van der Waals surface area contributed by atoms with Gasteiger partial charge in [0.2, 0.25) is 17.7 Å². The Bertz CT molecular complexity index is 1240. The first-order valence-electron chi connectivity index (χ1n) is 15.9. The monoisotopic (exact) mass is 608 g/mol. The summed E-state index contributed by atoms with van der Waals surface area (Å²) in [5.41, 5.74) is -1.16. The van der Waals surface area contributed by atoms with Crippen molar-refractivity contribution in [3.8, 4) is 0 Å². The highest BCUT2D eigenvalue weighted by Gasteiger charge is 2.80. The lowest BCUT2D eigenvalue weighted by molar-refractivity contribution is -0.157. The van der Waals surface area contributed by atoms with Gasteiger partial charge in [0.1, 0.15) is 11.6 Å². The number of carbonyl (C=O) groups is 3. The molecule has 3 unspecified atom stereocenters. The SMILES string of the molecule is C=CCN(C)C(=O)[C@H]1[C@H]2C(=O)N([C@@H](CO)Cc3ccccc3)C(C(=O)N(CC=C)CCN3CCOCC3)C23CC(C)[C@]1(C)O3. The minimum absolute atomic E-state index is 0.0733. The Morgan fingerprint density at radius 3 is 2.45 bits per heavy atom. The summed E-state index contributed by atoms with van der Waals surface area (Å²) in [6.07, 6.45) is 4.20. The van der Waals surface area contributed by atoms with Crippen LogP contribution in [-0.4, -0.2) is 132 Å². The Balaban J connectivity index is 1.56. The van der Waals surface area contributed by atoms with Crippen molar-refractivity contribution in [2.45, 2.75) is 50.0 Å². The Hall–Kier alpha value is -3.05. The molecule has 1 aromatic rings. The van der Waals surface area contributed by atoms with Crippen LogP contribution in [-0.2, 0) is 30.3 Å². The molecule has 4 aliphatic heterocycles. The molecule has 7 atom stereocenters. The number of hydrogen-bond donors (Lipinski definition) is 1. The van der Waals surface area contributed by atoms with Gasteiger partial charge in [-0.3, -0.25) is 19.3 Å². The predicted molar refractivity (Wildman–Crippen MR) is 167 cm³/mol. The zero-order valence-electron chi connectivity index (χ0n) is 26.4. The Morgan fingerprint density at radius 2 is 1.82 bits per heavy atom. The van der Waals surface area contributed by atoms with Crippen LogP contribution in [0.3, 0.4) is 0 Å². The number of ether oxygens (including phenoxy) is 2. The number of fused-ring (bicyclic) bond motifs is 1. The van der Waals surface area contributed by atoms with E-state index in [9.17, 15) is 19.5 Å². The summed E-state index contributed by atoms with van der Waals surface area (Å²) in [5.74, 6) is -2.40. The second kappa shape index (κ2) is 13.1. The fourth-order valence-electron chi connectivity index (χ4n) is 8.09. The summed E-state index contributed by atoms with van der Waals surface area (Å²) in [6.45, 7) is 16.0. The normalized spacial score (nSPS) is 31.9. The van der Waals surface area contributed by atoms with Crippen molar-refractivity contribution in [1.82, 2.24) is 19.6 Å². The molecule has 2 bridgehead atoms. The van der Waals surface area contributed by atoms with Crippen molar-refractivity contribution in [2.24, 2.45) is 17.8 Å². The van der Waals surface area contributed by atoms with Crippen LogP contribution in [0.25, 0.3) is 0 Å². The molecule has 0 radical (unpaired) electrons. The molecule has 1 N–H and O–H groups in total. The fraction of sp³-hybridized carbons (Fsp3) is 0.618. The maximum atomic E-state index is 14.9. The second-order valence-electron chi connectivity index (χ2n) is 13.0. The Kier molecular flexibility index (Phi) is 9.65. The molecule has 5 rings (SSSR count). The van der Waals surface area contributed by atoms with E-state index in [-0.39, 0.29) is 30.2 Å². The van der Waals surface area contributed by atoms with Crippen LogP contribution in [0.15, 0.2) is 55.6 Å². The van der Waals surface area contributed by atoms with Crippen LogP contribution in [0, 0.1) is 17.8 Å². The molecule has 10 nitrogen and oxygen atoms in total. The van der Waals surface area contributed by atoms with Gasteiger partial charge in [-0.05, 0) is 31.2 Å². The summed E-state index contributed by atoms with van der Waals surface area (Å²) in [7, 11) is 1.71. The van der Waals surface area contributed by atoms with E-state index in [1.165, 1.54) is 0 Å². The summed E-state index contributed by atoms with van der Waals surface area (Å²) >= 11 is 0. The first-order valence-corrected chi connectivity index (χ1v) is 15.9. The number of likely N-dealkylation sites (N-methyl/N-ethyl adjacent to an activating group) is 1. The van der Waals surface area contributed by atoms with E-state index < -0.39 is 35.1 Å². The number of nitrogens with zero attached hydrogens (tertiary/aromatic N) is 4. The molecule has 44 heavy (non-hydrogen) atoms. The third-order valence-electron chi connectivity index (χ3n) is 10.4. The number of aliphatic hydroxyl groups excluding tert-OH is 1. The van der Waals surface area contributed by atoms with Gasteiger partial charge in [-0.1, -0.05) is 49.4 Å². The van der Waals surface area contributed by atoms with E-state index in [1.54, 1.807) is 33.9 Å². The van der Waals surface area contributed by atoms with Gasteiger partial charge in [0.15, 0.2) is 0 Å². The van der Waals surface area contributed by atoms with E-state index in [2.05, 4.69) is 18.1 Å². The summed E-state index contributed by atoms with van der Waals surface area (Å²) in [4.78, 5) is 50.8. The molecule has 3 amide bonds. The van der Waals surface area contributed by atoms with Crippen molar-refractivity contribution in [3.05, 3.63) is 61.2 Å². The molecule has 4 heterocycles. The third-order valence-corrected chi connectivity index (χ3v) is 10.4. The van der Waals surface area contributed by atoms with Crippen molar-refractivity contribution >= 4 is 17.7 Å². The first kappa shape index (κ1) is 32.3. The molecule has 0 aliphatic carbocycles. The largest absolute Gasteiger partial charge is 0.394 e. The lowest BCUT2D eigenvalue weighted by Gasteiger charge is -2.40. The number of carbonyl (C=O) groups excluding carboxylic acids is 3. The van der Waals surface area contributed by atoms with E-state index in [0.717, 1.165) is 18.7 Å². The van der Waals surface area contributed by atoms with Crippen LogP contribution < -0.4 is 0 Å². The maximum Gasteiger partial charge on any atom is 0.248 e. The molecule has 0 saturated carbocycles. The standard InChI is InChI=1S/C34H48N4O6/c1-6-13-35(5)30(40)27-28-31(41)38(26(23-39)21-25-11-9-8-10-12-25)29(34(28)22-24(3)33(27,4)44-34)32(42)37(14-7-2)16-15-36-17-19-43-20-18-36/h6-12,24,26-29,39H,1-2,13-23H2,3-5H3/t24?,26-,27-,28+,29?,33+,34?/m1/s1. The number of aliphatic hydroxyl groups is 1. The summed E-state index contributed by atoms with van der Waals surface area (Å²) in [5, 5.41) is 10.8. The molecule has 1 aromatic carbocycles. The zero-order valence-corrected chi connectivity index (χ0v) is 26.4. The number of morpholine rings is 1. The van der Waals surface area contributed by atoms with Crippen molar-refractivity contribution in [2.75, 3.05) is 66.1 Å². The van der Waals surface area contributed by atoms with Gasteiger partial charge in [-0.2, -0.15) is 0 Å². The average molecular weight is 609 g/mol. The van der Waals surface area contributed by atoms with Crippen LogP contribution in [0.2, 0.25) is 0 Å². The first-order chi connectivity index (χ1) is 21.1. The molecule has 0 aromatic heterocycles. The van der Waals surface area contributed by atoms with E-state index in [4.69, 9.17) is 9.47 Å². The fourth-order valence-corrected chi connectivity index (χ4v) is 8.09. The van der Waals surface area contributed by atoms with Gasteiger partial charge in [0.25, 0.3) is 0 Å². The molecule has 4 saturated heterocycles. The van der Waals surface area contributed by atoms with Gasteiger partial charge in [-0.25, -0.2) is 0 Å². The van der Waals surface area contributed by atoms with E-state index in [0.29, 0.717) is 52.2 Å². The highest BCUT2D eigenvalue weighted by Crippen LogP contribution is 2.65. The van der Waals surface area contributed by atoms with Crippen LogP contribution >= 0.6 is 0 Å². The van der Waals surface area contributed by atoms with Crippen LogP contribution in [0.5, 0.6) is 0 Å². The molecule has 4 fully saturated rings. The summed E-state index contributed by atoms with van der Waals surface area (Å²) < 4.78 is 12.4. The van der Waals surface area contributed by atoms with Gasteiger partial charge < -0.3 is 29.3 Å². The third kappa shape index (κ3) is 5.50. The minimum atomic E-state index is -1.19. The molecular formula is C34H48N4O6. The molecule has 10 heteroatoms. The number of rotatable bonds is 13. The van der Waals surface area contributed by atoms with Crippen LogP contribution in [0.1, 0.15) is 25.8 Å². The predicted octanol–water partition coefficient (Wildman–Crippen LogP) is 1.59. The topological polar surface area (TPSA) is 103 Å². The van der Waals surface area contributed by atoms with Crippen molar-refractivity contribution in [1.29, 1.82) is 0 Å². The molecular weight excluding hydrogens is 560 g/mol. The highest BCUT2D eigenvalue weighted by molar-refractivity contribution is 5.99. The number of hydrogen-bond acceptors (Lipinski definition) is 7. The van der Waals surface area contributed by atoms with Crippen molar-refractivity contribution in [3.63, 3.8) is 0 Å². The molecule has 4 aliphatic rings. The minimum Gasteiger partial charge on any atom is -0.394 e. The Morgan fingerprint density at radius 1 is 1.14 bits per heavy atom. The summed E-state index contributed by atoms with van der Waals surface area (Å²) in [6, 6.07) is 8.00. The van der Waals surface area contributed by atoms with Crippen LogP contribution in [0.4, 0.5) is 0 Å². The van der Waals surface area contributed by atoms with Crippen molar-refractivity contribution < 1.29 is 29.0 Å². The lowest BCUT2D eigenvalue weighted by Crippen LogP contribution is -2.60. The highest BCUT2D eigenvalue weighted by atomic mass is 16.5. The van der Waals surface area contributed by atoms with Gasteiger partial charge in [-0.15, -0.1) is 13.2 Å². The molecule has 1 spiro atoms. The molecule has 240 valence electrons. The lowest BCUT2D eigenvalue weighted by atomic mass is 9.62. The average Bonchev–Trinajstić information content (AvgIpc) is 3.54. The maximum absolute atomic E-state index is 14.9. The van der Waals surface area contributed by atoms with Gasteiger partial charge in [0, 0.05) is 46.3 Å². The number of benzene rings is 1. The zero-order chi connectivity index (χ0) is 31.6. The second-order valence-corrected chi connectivity index (χ2v) is 13.0. The quantitative estimate of drug-likeness (QED) is 0.340. The number of amides is 3. The van der Waals surface area contributed by atoms with Gasteiger partial charge in [0.05, 0.1) is 43.3 Å². The Labute approximate surface area is 261 Å². The van der Waals surface area contributed by atoms with E-state index >= 15 is 0 Å². The smallest absolute Gasteiger partial charge is 0.248 e. The number of likely N-dealkylation sites (tertiary alicyclic amines) is 1. The van der Waals surface area contributed by atoms with Gasteiger partial charge >= 0.3 is 0 Å².